The maximum absolute atomic E-state index is 12.3. The Hall–Kier alpha value is -2.04. The van der Waals surface area contributed by atoms with E-state index >= 15 is 0 Å². The fourth-order valence-electron chi connectivity index (χ4n) is 1.93. The summed E-state index contributed by atoms with van der Waals surface area (Å²) in [5.74, 6) is 0.496. The van der Waals surface area contributed by atoms with Gasteiger partial charge in [-0.3, -0.25) is 9.59 Å². The molecular weight excluding hydrogens is 280 g/mol. The van der Waals surface area contributed by atoms with E-state index in [0.717, 1.165) is 11.3 Å². The molecule has 0 heterocycles. The fraction of sp³-hybridized carbons (Fsp3) is 0.529. The number of benzene rings is 1. The highest BCUT2D eigenvalue weighted by molar-refractivity contribution is 5.89. The van der Waals surface area contributed by atoms with Gasteiger partial charge >= 0.3 is 0 Å². The monoisotopic (exact) mass is 306 g/mol. The predicted molar refractivity (Wildman–Crippen MR) is 86.5 cm³/mol. The molecule has 2 amide bonds. The van der Waals surface area contributed by atoms with Gasteiger partial charge in [0.05, 0.1) is 7.11 Å². The smallest absolute Gasteiger partial charge is 0.244 e. The van der Waals surface area contributed by atoms with Gasteiger partial charge in [-0.25, -0.2) is 0 Å². The van der Waals surface area contributed by atoms with Gasteiger partial charge < -0.3 is 15.0 Å². The lowest BCUT2D eigenvalue weighted by Gasteiger charge is -2.25. The molecular formula is C17H26N2O3. The number of likely N-dealkylation sites (N-methyl/N-ethyl adjacent to an activating group) is 1. The summed E-state index contributed by atoms with van der Waals surface area (Å²) in [7, 11) is 3.33. The lowest BCUT2D eigenvalue weighted by atomic mass is 9.95. The molecule has 22 heavy (non-hydrogen) atoms. The summed E-state index contributed by atoms with van der Waals surface area (Å²) in [6.45, 7) is 7.62. The molecule has 1 rings (SSSR count). The zero-order valence-corrected chi connectivity index (χ0v) is 14.3. The van der Waals surface area contributed by atoms with E-state index in [1.165, 1.54) is 0 Å². The molecule has 0 fully saturated rings. The zero-order valence-electron chi connectivity index (χ0n) is 14.3. The predicted octanol–water partition coefficient (Wildman–Crippen LogP) is 2.20. The molecule has 0 aromatic heterocycles. The Morgan fingerprint density at radius 2 is 1.95 bits per heavy atom. The van der Waals surface area contributed by atoms with E-state index in [1.54, 1.807) is 26.0 Å². The van der Waals surface area contributed by atoms with Crippen LogP contribution in [0.4, 0.5) is 0 Å². The number of nitrogens with zero attached hydrogens (tertiary/aromatic N) is 1. The third kappa shape index (κ3) is 5.06. The van der Waals surface area contributed by atoms with Crippen molar-refractivity contribution in [2.24, 2.45) is 5.41 Å². The summed E-state index contributed by atoms with van der Waals surface area (Å²) in [5.41, 5.74) is 0.462. The number of amides is 2. The van der Waals surface area contributed by atoms with Gasteiger partial charge in [-0.2, -0.15) is 0 Å². The molecule has 0 radical (unpaired) electrons. The van der Waals surface area contributed by atoms with Gasteiger partial charge in [-0.15, -0.1) is 0 Å². The minimum absolute atomic E-state index is 0.125. The van der Waals surface area contributed by atoms with Crippen molar-refractivity contribution >= 4 is 11.8 Å². The summed E-state index contributed by atoms with van der Waals surface area (Å²) >= 11 is 0. The Balaban J connectivity index is 2.66. The van der Waals surface area contributed by atoms with Gasteiger partial charge in [0.1, 0.15) is 11.8 Å². The molecule has 0 bridgehead atoms. The molecule has 5 nitrogen and oxygen atoms in total. The van der Waals surface area contributed by atoms with Crippen molar-refractivity contribution in [1.82, 2.24) is 10.2 Å². The van der Waals surface area contributed by atoms with E-state index in [2.05, 4.69) is 5.32 Å². The van der Waals surface area contributed by atoms with E-state index in [9.17, 15) is 9.59 Å². The van der Waals surface area contributed by atoms with Crippen LogP contribution in [0.1, 0.15) is 33.3 Å². The molecule has 0 aliphatic carbocycles. The average molecular weight is 306 g/mol. The van der Waals surface area contributed by atoms with Crippen LogP contribution >= 0.6 is 0 Å². The molecule has 1 unspecified atom stereocenters. The van der Waals surface area contributed by atoms with Gasteiger partial charge in [-0.05, 0) is 24.6 Å². The van der Waals surface area contributed by atoms with Crippen LogP contribution in [-0.4, -0.2) is 36.9 Å². The molecule has 0 aliphatic heterocycles. The molecule has 0 spiro atoms. The van der Waals surface area contributed by atoms with Crippen molar-refractivity contribution in [2.45, 2.75) is 40.3 Å². The first-order valence-corrected chi connectivity index (χ1v) is 7.34. The Bertz CT molecular complexity index is 535. The van der Waals surface area contributed by atoms with Gasteiger partial charge in [0, 0.05) is 19.0 Å². The maximum Gasteiger partial charge on any atom is 0.244 e. The summed E-state index contributed by atoms with van der Waals surface area (Å²) in [5, 5.41) is 2.75. The average Bonchev–Trinajstić information content (AvgIpc) is 2.45. The Morgan fingerprint density at radius 1 is 1.32 bits per heavy atom. The van der Waals surface area contributed by atoms with Crippen LogP contribution in [0.25, 0.3) is 0 Å². The van der Waals surface area contributed by atoms with Gasteiger partial charge in [0.25, 0.3) is 0 Å². The lowest BCUT2D eigenvalue weighted by molar-refractivity contribution is -0.137. The lowest BCUT2D eigenvalue weighted by Crippen LogP contribution is -2.48. The first-order valence-electron chi connectivity index (χ1n) is 7.34. The van der Waals surface area contributed by atoms with Crippen molar-refractivity contribution in [2.75, 3.05) is 14.2 Å². The van der Waals surface area contributed by atoms with E-state index < -0.39 is 11.5 Å². The van der Waals surface area contributed by atoms with Gasteiger partial charge in [0.15, 0.2) is 0 Å². The molecule has 5 heteroatoms. The standard InChI is InChI=1S/C17H26N2O3/c1-12(18-16(21)17(2,3)4)15(20)19(5)11-13-8-7-9-14(10-13)22-6/h7-10,12H,11H2,1-6H3,(H,18,21). The third-order valence-electron chi connectivity index (χ3n) is 3.33. The SMILES string of the molecule is COc1cccc(CN(C)C(=O)C(C)NC(=O)C(C)(C)C)c1. The van der Waals surface area contributed by atoms with Crippen molar-refractivity contribution in [3.05, 3.63) is 29.8 Å². The first-order chi connectivity index (χ1) is 10.1. The molecule has 1 N–H and O–H groups in total. The number of ether oxygens (including phenoxy) is 1. The quantitative estimate of drug-likeness (QED) is 0.907. The fourth-order valence-corrected chi connectivity index (χ4v) is 1.93. The van der Waals surface area contributed by atoms with Crippen molar-refractivity contribution in [3.8, 4) is 5.75 Å². The number of carbonyl (C=O) groups is 2. The third-order valence-corrected chi connectivity index (χ3v) is 3.33. The molecule has 1 aromatic carbocycles. The second-order valence-electron chi connectivity index (χ2n) is 6.49. The van der Waals surface area contributed by atoms with Crippen LogP contribution in [-0.2, 0) is 16.1 Å². The number of methoxy groups -OCH3 is 1. The highest BCUT2D eigenvalue weighted by Gasteiger charge is 2.26. The summed E-state index contributed by atoms with van der Waals surface area (Å²) in [4.78, 5) is 25.9. The first kappa shape index (κ1) is 18.0. The topological polar surface area (TPSA) is 58.6 Å². The van der Waals surface area contributed by atoms with Gasteiger partial charge in [0.2, 0.25) is 11.8 Å². The van der Waals surface area contributed by atoms with Crippen molar-refractivity contribution in [1.29, 1.82) is 0 Å². The number of carbonyl (C=O) groups excluding carboxylic acids is 2. The highest BCUT2D eigenvalue weighted by Crippen LogP contribution is 2.15. The molecule has 0 saturated heterocycles. The van der Waals surface area contributed by atoms with E-state index in [4.69, 9.17) is 4.74 Å². The van der Waals surface area contributed by atoms with Crippen LogP contribution in [0.15, 0.2) is 24.3 Å². The number of nitrogens with one attached hydrogen (secondary N) is 1. The Morgan fingerprint density at radius 3 is 2.50 bits per heavy atom. The molecule has 1 atom stereocenters. The summed E-state index contributed by atoms with van der Waals surface area (Å²) < 4.78 is 5.17. The van der Waals surface area contributed by atoms with Crippen LogP contribution in [0.3, 0.4) is 0 Å². The number of hydrogen-bond donors (Lipinski definition) is 1. The summed E-state index contributed by atoms with van der Waals surface area (Å²) in [6, 6.07) is 7.02. The molecule has 0 aliphatic rings. The second-order valence-corrected chi connectivity index (χ2v) is 6.49. The van der Waals surface area contributed by atoms with Crippen LogP contribution in [0.2, 0.25) is 0 Å². The van der Waals surface area contributed by atoms with Crippen molar-refractivity contribution in [3.63, 3.8) is 0 Å². The Labute approximate surface area is 132 Å². The highest BCUT2D eigenvalue weighted by atomic mass is 16.5. The zero-order chi connectivity index (χ0) is 16.9. The number of hydrogen-bond acceptors (Lipinski definition) is 3. The normalized spacial score (nSPS) is 12.5. The van der Waals surface area contributed by atoms with Crippen LogP contribution in [0, 0.1) is 5.41 Å². The Kier molecular flexibility index (Phi) is 5.97. The van der Waals surface area contributed by atoms with Gasteiger partial charge in [-0.1, -0.05) is 32.9 Å². The maximum atomic E-state index is 12.3. The number of rotatable bonds is 5. The molecule has 1 aromatic rings. The van der Waals surface area contributed by atoms with Crippen LogP contribution < -0.4 is 10.1 Å². The van der Waals surface area contributed by atoms with E-state index in [1.807, 2.05) is 45.0 Å². The largest absolute Gasteiger partial charge is 0.497 e. The van der Waals surface area contributed by atoms with Crippen LogP contribution in [0.5, 0.6) is 5.75 Å². The molecule has 122 valence electrons. The molecule has 0 saturated carbocycles. The minimum Gasteiger partial charge on any atom is -0.497 e. The second kappa shape index (κ2) is 7.29. The van der Waals surface area contributed by atoms with E-state index in [-0.39, 0.29) is 11.8 Å². The van der Waals surface area contributed by atoms with Crippen molar-refractivity contribution < 1.29 is 14.3 Å². The summed E-state index contributed by atoms with van der Waals surface area (Å²) in [6.07, 6.45) is 0. The van der Waals surface area contributed by atoms with E-state index in [0.29, 0.717) is 6.54 Å². The minimum atomic E-state index is -0.553.